The number of amides is 1. The molecule has 1 atom stereocenters. The van der Waals surface area contributed by atoms with Crippen molar-refractivity contribution in [1.29, 1.82) is 0 Å². The van der Waals surface area contributed by atoms with Crippen molar-refractivity contribution in [1.82, 2.24) is 0 Å². The van der Waals surface area contributed by atoms with Gasteiger partial charge in [0.05, 0.1) is 11.3 Å². The zero-order valence-electron chi connectivity index (χ0n) is 12.3. The number of halogens is 4. The summed E-state index contributed by atoms with van der Waals surface area (Å²) < 4.78 is 45.1. The van der Waals surface area contributed by atoms with Crippen molar-refractivity contribution in [2.75, 3.05) is 5.32 Å². The highest BCUT2D eigenvalue weighted by Gasteiger charge is 2.21. The molecule has 0 aliphatic heterocycles. The number of anilines is 1. The van der Waals surface area contributed by atoms with Gasteiger partial charge >= 0.3 is 5.97 Å². The average Bonchev–Trinajstić information content (AvgIpc) is 2.48. The summed E-state index contributed by atoms with van der Waals surface area (Å²) in [5, 5.41) is 2.26. The number of ether oxygens (including phenoxy) is 1. The lowest BCUT2D eigenvalue weighted by atomic mass is 10.2. The van der Waals surface area contributed by atoms with Gasteiger partial charge in [-0.15, -0.1) is 0 Å². The fraction of sp³-hybridized carbons (Fsp3) is 0.125. The predicted molar refractivity (Wildman–Crippen MR) is 84.0 cm³/mol. The summed E-state index contributed by atoms with van der Waals surface area (Å²) >= 11 is 3.08. The van der Waals surface area contributed by atoms with Crippen molar-refractivity contribution in [2.45, 2.75) is 13.0 Å². The van der Waals surface area contributed by atoms with E-state index in [9.17, 15) is 22.8 Å². The van der Waals surface area contributed by atoms with Crippen molar-refractivity contribution in [3.63, 3.8) is 0 Å². The molecule has 8 heteroatoms. The molecule has 1 amide bonds. The van der Waals surface area contributed by atoms with Gasteiger partial charge in [0, 0.05) is 10.5 Å². The molecule has 0 aliphatic rings. The third-order valence-electron chi connectivity index (χ3n) is 2.94. The van der Waals surface area contributed by atoms with Crippen molar-refractivity contribution in [3.8, 4) is 0 Å². The van der Waals surface area contributed by atoms with Crippen LogP contribution in [0.2, 0.25) is 0 Å². The highest BCUT2D eigenvalue weighted by atomic mass is 79.9. The number of hydrogen-bond acceptors (Lipinski definition) is 3. The van der Waals surface area contributed by atoms with Crippen LogP contribution in [-0.2, 0) is 9.53 Å². The Morgan fingerprint density at radius 2 is 1.71 bits per heavy atom. The summed E-state index contributed by atoms with van der Waals surface area (Å²) in [5.41, 5.74) is -0.468. The lowest BCUT2D eigenvalue weighted by Crippen LogP contribution is -2.30. The summed E-state index contributed by atoms with van der Waals surface area (Å²) in [7, 11) is 0. The molecule has 0 spiro atoms. The Morgan fingerprint density at radius 1 is 1.08 bits per heavy atom. The number of carbonyl (C=O) groups excluding carboxylic acids is 2. The Hall–Kier alpha value is -2.35. The maximum atomic E-state index is 13.7. The SMILES string of the molecule is C[C@H](OC(=O)c1cc(F)cc(F)c1)C(=O)Nc1ccc(Br)cc1F. The average molecular weight is 402 g/mol. The van der Waals surface area contributed by atoms with Crippen LogP contribution in [0.15, 0.2) is 40.9 Å². The molecule has 0 radical (unpaired) electrons. The molecule has 0 fully saturated rings. The first-order valence-electron chi connectivity index (χ1n) is 6.69. The largest absolute Gasteiger partial charge is 0.449 e. The standard InChI is InChI=1S/C16H11BrF3NO3/c1-8(15(22)21-14-3-2-10(17)6-13(14)20)24-16(23)9-4-11(18)7-12(19)5-9/h2-8H,1H3,(H,21,22)/t8-/m0/s1. The van der Waals surface area contributed by atoms with Gasteiger partial charge in [-0.2, -0.15) is 0 Å². The van der Waals surface area contributed by atoms with E-state index in [2.05, 4.69) is 21.2 Å². The minimum absolute atomic E-state index is 0.0945. The van der Waals surface area contributed by atoms with Gasteiger partial charge in [0.1, 0.15) is 17.5 Å². The number of nitrogens with one attached hydrogen (secondary N) is 1. The van der Waals surface area contributed by atoms with Gasteiger partial charge in [-0.05, 0) is 37.3 Å². The monoisotopic (exact) mass is 401 g/mol. The van der Waals surface area contributed by atoms with Crippen LogP contribution in [-0.4, -0.2) is 18.0 Å². The molecule has 2 rings (SSSR count). The zero-order valence-corrected chi connectivity index (χ0v) is 13.9. The number of benzene rings is 2. The van der Waals surface area contributed by atoms with Crippen LogP contribution in [0.5, 0.6) is 0 Å². The van der Waals surface area contributed by atoms with E-state index in [1.807, 2.05) is 0 Å². The molecule has 0 bridgehead atoms. The maximum absolute atomic E-state index is 13.7. The topological polar surface area (TPSA) is 55.4 Å². The molecule has 0 aliphatic carbocycles. The summed E-state index contributed by atoms with van der Waals surface area (Å²) in [4.78, 5) is 23.7. The normalized spacial score (nSPS) is 11.7. The number of carbonyl (C=O) groups is 2. The Morgan fingerprint density at radius 3 is 2.29 bits per heavy atom. The van der Waals surface area contributed by atoms with Crippen molar-refractivity contribution >= 4 is 33.5 Å². The number of hydrogen-bond donors (Lipinski definition) is 1. The first kappa shape index (κ1) is 18.0. The molecule has 2 aromatic carbocycles. The molecule has 2 aromatic rings. The molecular weight excluding hydrogens is 391 g/mol. The molecule has 1 N–H and O–H groups in total. The van der Waals surface area contributed by atoms with E-state index in [1.165, 1.54) is 19.1 Å². The predicted octanol–water partition coefficient (Wildman–Crippen LogP) is 4.05. The lowest BCUT2D eigenvalue weighted by Gasteiger charge is -2.14. The second kappa shape index (κ2) is 7.48. The van der Waals surface area contributed by atoms with E-state index >= 15 is 0 Å². The van der Waals surface area contributed by atoms with Crippen LogP contribution in [0.25, 0.3) is 0 Å². The third-order valence-corrected chi connectivity index (χ3v) is 3.43. The van der Waals surface area contributed by atoms with Crippen LogP contribution < -0.4 is 5.32 Å². The van der Waals surface area contributed by atoms with Crippen molar-refractivity contribution in [2.24, 2.45) is 0 Å². The van der Waals surface area contributed by atoms with Gasteiger partial charge in [0.25, 0.3) is 5.91 Å². The van der Waals surface area contributed by atoms with Crippen LogP contribution in [0, 0.1) is 17.5 Å². The summed E-state index contributed by atoms with van der Waals surface area (Å²) in [6.45, 7) is 1.25. The fourth-order valence-corrected chi connectivity index (χ4v) is 2.11. The second-order valence-corrected chi connectivity index (χ2v) is 5.73. The maximum Gasteiger partial charge on any atom is 0.339 e. The van der Waals surface area contributed by atoms with Gasteiger partial charge in [0.15, 0.2) is 6.10 Å². The molecule has 0 aromatic heterocycles. The van der Waals surface area contributed by atoms with E-state index in [4.69, 9.17) is 4.74 Å². The van der Waals surface area contributed by atoms with E-state index in [0.29, 0.717) is 10.5 Å². The van der Waals surface area contributed by atoms with Crippen LogP contribution in [0.4, 0.5) is 18.9 Å². The van der Waals surface area contributed by atoms with Crippen LogP contribution in [0.1, 0.15) is 17.3 Å². The second-order valence-electron chi connectivity index (χ2n) is 4.82. The van der Waals surface area contributed by atoms with Gasteiger partial charge < -0.3 is 10.1 Å². The van der Waals surface area contributed by atoms with Gasteiger partial charge in [-0.25, -0.2) is 18.0 Å². The molecule has 0 saturated carbocycles. The molecular formula is C16H11BrF3NO3. The Balaban J connectivity index is 2.04. The Labute approximate surface area is 143 Å². The molecule has 126 valence electrons. The Kier molecular flexibility index (Phi) is 5.61. The third kappa shape index (κ3) is 4.58. The van der Waals surface area contributed by atoms with Gasteiger partial charge in [-0.1, -0.05) is 15.9 Å². The number of esters is 1. The Bertz CT molecular complexity index is 778. The van der Waals surface area contributed by atoms with E-state index in [-0.39, 0.29) is 11.3 Å². The van der Waals surface area contributed by atoms with Crippen LogP contribution in [0.3, 0.4) is 0 Å². The number of rotatable bonds is 4. The molecule has 24 heavy (non-hydrogen) atoms. The summed E-state index contributed by atoms with van der Waals surface area (Å²) in [5.74, 6) is -4.44. The van der Waals surface area contributed by atoms with E-state index in [1.54, 1.807) is 0 Å². The van der Waals surface area contributed by atoms with E-state index in [0.717, 1.165) is 18.2 Å². The summed E-state index contributed by atoms with van der Waals surface area (Å²) in [6.07, 6.45) is -1.30. The fourth-order valence-electron chi connectivity index (χ4n) is 1.78. The molecule has 0 unspecified atom stereocenters. The van der Waals surface area contributed by atoms with Crippen molar-refractivity contribution < 1.29 is 27.5 Å². The zero-order chi connectivity index (χ0) is 17.9. The van der Waals surface area contributed by atoms with Crippen molar-refractivity contribution in [3.05, 3.63) is 63.9 Å². The molecule has 0 saturated heterocycles. The summed E-state index contributed by atoms with van der Waals surface area (Å²) in [6, 6.07) is 6.17. The minimum Gasteiger partial charge on any atom is -0.449 e. The first-order chi connectivity index (χ1) is 11.3. The molecule has 4 nitrogen and oxygen atoms in total. The molecule has 0 heterocycles. The highest BCUT2D eigenvalue weighted by Crippen LogP contribution is 2.20. The smallest absolute Gasteiger partial charge is 0.339 e. The first-order valence-corrected chi connectivity index (χ1v) is 7.48. The van der Waals surface area contributed by atoms with Crippen LogP contribution >= 0.6 is 15.9 Å². The minimum atomic E-state index is -1.30. The highest BCUT2D eigenvalue weighted by molar-refractivity contribution is 9.10. The van der Waals surface area contributed by atoms with Gasteiger partial charge in [-0.3, -0.25) is 4.79 Å². The van der Waals surface area contributed by atoms with Gasteiger partial charge in [0.2, 0.25) is 0 Å². The quantitative estimate of drug-likeness (QED) is 0.786. The lowest BCUT2D eigenvalue weighted by molar-refractivity contribution is -0.123. The van der Waals surface area contributed by atoms with E-state index < -0.39 is 35.4 Å².